The second kappa shape index (κ2) is 5.50. The van der Waals surface area contributed by atoms with Crippen LogP contribution >= 0.6 is 11.3 Å². The topological polar surface area (TPSA) is 71.5 Å². The van der Waals surface area contributed by atoms with E-state index in [0.717, 1.165) is 17.0 Å². The van der Waals surface area contributed by atoms with Crippen LogP contribution in [0.25, 0.3) is 11.3 Å². The summed E-state index contributed by atoms with van der Waals surface area (Å²) in [6.45, 7) is -0.140. The van der Waals surface area contributed by atoms with Crippen molar-refractivity contribution in [2.24, 2.45) is 0 Å². The maximum absolute atomic E-state index is 10.4. The van der Waals surface area contributed by atoms with Gasteiger partial charge in [0.2, 0.25) is 0 Å². The highest BCUT2D eigenvalue weighted by Gasteiger charge is 2.09. The first-order chi connectivity index (χ1) is 8.70. The van der Waals surface area contributed by atoms with Crippen LogP contribution in [0.1, 0.15) is 0 Å². The number of aliphatic carboxylic acids is 1. The first-order valence-electron chi connectivity index (χ1n) is 5.25. The lowest BCUT2D eigenvalue weighted by Crippen LogP contribution is -2.11. The molecule has 1 heterocycles. The second-order valence-corrected chi connectivity index (χ2v) is 4.34. The van der Waals surface area contributed by atoms with Crippen molar-refractivity contribution in [1.29, 1.82) is 0 Å². The fraction of sp³-hybridized carbons (Fsp3) is 0.167. The number of nitrogens with one attached hydrogen (secondary N) is 1. The van der Waals surface area contributed by atoms with Crippen LogP contribution in [0.15, 0.2) is 29.6 Å². The molecule has 0 spiro atoms. The number of carbonyl (C=O) groups is 1. The summed E-state index contributed by atoms with van der Waals surface area (Å²) in [5.74, 6) is -0.170. The molecule has 94 valence electrons. The number of aromatic nitrogens is 1. The SMILES string of the molecule is COc1ccccc1-c1csc(NCC(=O)O)n1. The number of carboxylic acids is 1. The Hall–Kier alpha value is -2.08. The average Bonchev–Trinajstić information content (AvgIpc) is 2.85. The van der Waals surface area contributed by atoms with Gasteiger partial charge in [-0.25, -0.2) is 4.98 Å². The molecule has 0 aliphatic rings. The fourth-order valence-electron chi connectivity index (χ4n) is 1.49. The molecule has 0 radical (unpaired) electrons. The molecule has 0 fully saturated rings. The highest BCUT2D eigenvalue weighted by molar-refractivity contribution is 7.14. The number of hydrogen-bond acceptors (Lipinski definition) is 5. The van der Waals surface area contributed by atoms with E-state index in [4.69, 9.17) is 9.84 Å². The Morgan fingerprint density at radius 1 is 1.50 bits per heavy atom. The van der Waals surface area contributed by atoms with Gasteiger partial charge in [-0.3, -0.25) is 4.79 Å². The van der Waals surface area contributed by atoms with E-state index >= 15 is 0 Å². The lowest BCUT2D eigenvalue weighted by atomic mass is 10.1. The Balaban J connectivity index is 2.21. The molecule has 1 aromatic carbocycles. The van der Waals surface area contributed by atoms with Gasteiger partial charge in [0.15, 0.2) is 5.13 Å². The third-order valence-electron chi connectivity index (χ3n) is 2.28. The Labute approximate surface area is 108 Å². The molecule has 2 N–H and O–H groups in total. The van der Waals surface area contributed by atoms with Crippen molar-refractivity contribution >= 4 is 22.4 Å². The van der Waals surface area contributed by atoms with Gasteiger partial charge in [-0.2, -0.15) is 0 Å². The van der Waals surface area contributed by atoms with E-state index in [0.29, 0.717) is 5.13 Å². The number of anilines is 1. The Morgan fingerprint density at radius 2 is 2.28 bits per heavy atom. The molecular weight excluding hydrogens is 252 g/mol. The van der Waals surface area contributed by atoms with E-state index < -0.39 is 5.97 Å². The summed E-state index contributed by atoms with van der Waals surface area (Å²) in [7, 11) is 1.61. The Bertz CT molecular complexity index is 554. The lowest BCUT2D eigenvalue weighted by molar-refractivity contribution is -0.134. The van der Waals surface area contributed by atoms with Crippen LogP contribution in [-0.4, -0.2) is 29.7 Å². The monoisotopic (exact) mass is 264 g/mol. The van der Waals surface area contributed by atoms with E-state index in [9.17, 15) is 4.79 Å². The average molecular weight is 264 g/mol. The molecule has 0 saturated carbocycles. The number of nitrogens with zero attached hydrogens (tertiary/aromatic N) is 1. The van der Waals surface area contributed by atoms with Gasteiger partial charge < -0.3 is 15.2 Å². The van der Waals surface area contributed by atoms with Crippen LogP contribution in [0, 0.1) is 0 Å². The van der Waals surface area contributed by atoms with Crippen LogP contribution in [0.3, 0.4) is 0 Å². The molecule has 0 bridgehead atoms. The maximum Gasteiger partial charge on any atom is 0.322 e. The van der Waals surface area contributed by atoms with Gasteiger partial charge in [0.05, 0.1) is 12.8 Å². The highest BCUT2D eigenvalue weighted by atomic mass is 32.1. The van der Waals surface area contributed by atoms with Gasteiger partial charge >= 0.3 is 5.97 Å². The van der Waals surface area contributed by atoms with Gasteiger partial charge in [0.25, 0.3) is 0 Å². The Kier molecular flexibility index (Phi) is 3.78. The van der Waals surface area contributed by atoms with Crippen LogP contribution in [-0.2, 0) is 4.79 Å². The molecule has 0 amide bonds. The summed E-state index contributed by atoms with van der Waals surface area (Å²) in [5.41, 5.74) is 1.66. The van der Waals surface area contributed by atoms with Crippen molar-refractivity contribution in [2.45, 2.75) is 0 Å². The lowest BCUT2D eigenvalue weighted by Gasteiger charge is -2.04. The number of carboxylic acid groups (broad SMARTS) is 1. The van der Waals surface area contributed by atoms with E-state index in [1.165, 1.54) is 11.3 Å². The first-order valence-corrected chi connectivity index (χ1v) is 6.13. The smallest absolute Gasteiger partial charge is 0.322 e. The summed E-state index contributed by atoms with van der Waals surface area (Å²) in [6, 6.07) is 7.56. The summed E-state index contributed by atoms with van der Waals surface area (Å²) in [6.07, 6.45) is 0. The summed E-state index contributed by atoms with van der Waals surface area (Å²) < 4.78 is 5.26. The summed E-state index contributed by atoms with van der Waals surface area (Å²) >= 11 is 1.36. The molecule has 6 heteroatoms. The normalized spacial score (nSPS) is 10.1. The zero-order valence-electron chi connectivity index (χ0n) is 9.71. The van der Waals surface area contributed by atoms with Crippen molar-refractivity contribution in [1.82, 2.24) is 4.98 Å². The van der Waals surface area contributed by atoms with Gasteiger partial charge in [0.1, 0.15) is 12.3 Å². The van der Waals surface area contributed by atoms with Crippen molar-refractivity contribution in [3.05, 3.63) is 29.6 Å². The van der Waals surface area contributed by atoms with Crippen molar-refractivity contribution < 1.29 is 14.6 Å². The molecule has 0 aliphatic carbocycles. The minimum atomic E-state index is -0.913. The second-order valence-electron chi connectivity index (χ2n) is 3.49. The number of para-hydroxylation sites is 1. The molecule has 1 aromatic heterocycles. The standard InChI is InChI=1S/C12H12N2O3S/c1-17-10-5-3-2-4-8(10)9-7-18-12(14-9)13-6-11(15)16/h2-5,7H,6H2,1H3,(H,13,14)(H,15,16). The number of ether oxygens (including phenoxy) is 1. The number of methoxy groups -OCH3 is 1. The minimum Gasteiger partial charge on any atom is -0.496 e. The van der Waals surface area contributed by atoms with Gasteiger partial charge in [-0.05, 0) is 12.1 Å². The van der Waals surface area contributed by atoms with Gasteiger partial charge in [-0.1, -0.05) is 12.1 Å². The predicted octanol–water partition coefficient (Wildman–Crippen LogP) is 2.32. The molecule has 0 saturated heterocycles. The molecular formula is C12H12N2O3S. The summed E-state index contributed by atoms with van der Waals surface area (Å²) in [5, 5.41) is 13.8. The number of thiazole rings is 1. The third-order valence-corrected chi connectivity index (χ3v) is 3.08. The molecule has 0 atom stereocenters. The first kappa shape index (κ1) is 12.4. The van der Waals surface area contributed by atoms with Crippen LogP contribution in [0.2, 0.25) is 0 Å². The van der Waals surface area contributed by atoms with Gasteiger partial charge in [-0.15, -0.1) is 11.3 Å². The summed E-state index contributed by atoms with van der Waals surface area (Å²) in [4.78, 5) is 14.8. The molecule has 0 aliphatic heterocycles. The van der Waals surface area contributed by atoms with Crippen molar-refractivity contribution in [3.63, 3.8) is 0 Å². The predicted molar refractivity (Wildman–Crippen MR) is 70.2 cm³/mol. The van der Waals surface area contributed by atoms with E-state index in [1.54, 1.807) is 7.11 Å². The zero-order valence-corrected chi connectivity index (χ0v) is 10.5. The fourth-order valence-corrected chi connectivity index (χ4v) is 2.20. The molecule has 2 aromatic rings. The van der Waals surface area contributed by atoms with Gasteiger partial charge in [0, 0.05) is 10.9 Å². The molecule has 0 unspecified atom stereocenters. The molecule has 5 nitrogen and oxygen atoms in total. The van der Waals surface area contributed by atoms with Crippen LogP contribution in [0.4, 0.5) is 5.13 Å². The number of hydrogen-bond donors (Lipinski definition) is 2. The largest absolute Gasteiger partial charge is 0.496 e. The quantitative estimate of drug-likeness (QED) is 0.867. The van der Waals surface area contributed by atoms with E-state index in [1.807, 2.05) is 29.6 Å². The van der Waals surface area contributed by atoms with Crippen LogP contribution < -0.4 is 10.1 Å². The highest BCUT2D eigenvalue weighted by Crippen LogP contribution is 2.31. The minimum absolute atomic E-state index is 0.140. The third kappa shape index (κ3) is 2.78. The zero-order chi connectivity index (χ0) is 13.0. The number of rotatable bonds is 5. The van der Waals surface area contributed by atoms with Crippen molar-refractivity contribution in [2.75, 3.05) is 19.0 Å². The van der Waals surface area contributed by atoms with E-state index in [2.05, 4.69) is 10.3 Å². The van der Waals surface area contributed by atoms with E-state index in [-0.39, 0.29) is 6.54 Å². The number of benzene rings is 1. The Morgan fingerprint density at radius 3 is 3.00 bits per heavy atom. The molecule has 18 heavy (non-hydrogen) atoms. The van der Waals surface area contributed by atoms with Crippen molar-refractivity contribution in [3.8, 4) is 17.0 Å². The maximum atomic E-state index is 10.4. The van der Waals surface area contributed by atoms with Crippen LogP contribution in [0.5, 0.6) is 5.75 Å². The molecule has 2 rings (SSSR count).